The summed E-state index contributed by atoms with van der Waals surface area (Å²) in [7, 11) is 1.67. The van der Waals surface area contributed by atoms with Gasteiger partial charge in [-0.3, -0.25) is 0 Å². The molecule has 2 aromatic heterocycles. The SMILES string of the molecule is COc1cccc(-c2nc(-c3ccc(-n4nncc4-c4ccc(Br)cc4)cc3)cs2)c1. The maximum atomic E-state index is 5.32. The topological polar surface area (TPSA) is 52.8 Å². The second-order valence-corrected chi connectivity index (χ2v) is 8.63. The molecule has 0 radical (unpaired) electrons. The van der Waals surface area contributed by atoms with Crippen LogP contribution in [0.3, 0.4) is 0 Å². The van der Waals surface area contributed by atoms with Gasteiger partial charge in [0.05, 0.1) is 30.4 Å². The van der Waals surface area contributed by atoms with Crippen molar-refractivity contribution < 1.29 is 4.74 Å². The number of ether oxygens (including phenoxy) is 1. The van der Waals surface area contributed by atoms with Crippen LogP contribution in [0.5, 0.6) is 5.75 Å². The first-order valence-corrected chi connectivity index (χ1v) is 11.3. The zero-order valence-electron chi connectivity index (χ0n) is 16.6. The van der Waals surface area contributed by atoms with Gasteiger partial charge in [0.15, 0.2) is 0 Å². The monoisotopic (exact) mass is 488 g/mol. The second-order valence-electron chi connectivity index (χ2n) is 6.85. The Kier molecular flexibility index (Phi) is 5.36. The first-order valence-electron chi connectivity index (χ1n) is 9.59. The molecule has 0 N–H and O–H groups in total. The molecule has 0 aliphatic carbocycles. The van der Waals surface area contributed by atoms with Crippen LogP contribution in [0.4, 0.5) is 0 Å². The summed E-state index contributed by atoms with van der Waals surface area (Å²) in [6.45, 7) is 0. The van der Waals surface area contributed by atoms with E-state index >= 15 is 0 Å². The molecule has 7 heteroatoms. The fraction of sp³-hybridized carbons (Fsp3) is 0.0417. The minimum absolute atomic E-state index is 0.827. The summed E-state index contributed by atoms with van der Waals surface area (Å²) in [4.78, 5) is 4.82. The third kappa shape index (κ3) is 4.02. The first kappa shape index (κ1) is 19.7. The molecule has 0 fully saturated rings. The molecule has 0 spiro atoms. The summed E-state index contributed by atoms with van der Waals surface area (Å²) in [6.07, 6.45) is 1.78. The van der Waals surface area contributed by atoms with E-state index in [4.69, 9.17) is 9.72 Å². The van der Waals surface area contributed by atoms with Crippen molar-refractivity contribution in [2.45, 2.75) is 0 Å². The Hall–Kier alpha value is -3.29. The van der Waals surface area contributed by atoms with Crippen LogP contribution in [-0.2, 0) is 0 Å². The van der Waals surface area contributed by atoms with Crippen molar-refractivity contribution in [3.63, 3.8) is 0 Å². The zero-order chi connectivity index (χ0) is 21.2. The second kappa shape index (κ2) is 8.45. The number of benzene rings is 3. The van der Waals surface area contributed by atoms with E-state index in [1.165, 1.54) is 0 Å². The van der Waals surface area contributed by atoms with Crippen molar-refractivity contribution in [2.24, 2.45) is 0 Å². The minimum atomic E-state index is 0.827. The van der Waals surface area contributed by atoms with Gasteiger partial charge in [-0.25, -0.2) is 9.67 Å². The number of rotatable bonds is 5. The van der Waals surface area contributed by atoms with Gasteiger partial charge in [-0.05, 0) is 36.4 Å². The van der Waals surface area contributed by atoms with Gasteiger partial charge < -0.3 is 4.74 Å². The van der Waals surface area contributed by atoms with Crippen LogP contribution in [-0.4, -0.2) is 27.1 Å². The largest absolute Gasteiger partial charge is 0.497 e. The summed E-state index contributed by atoms with van der Waals surface area (Å²) in [5, 5.41) is 11.4. The highest BCUT2D eigenvalue weighted by molar-refractivity contribution is 9.10. The van der Waals surface area contributed by atoms with Gasteiger partial charge in [0.25, 0.3) is 0 Å². The molecule has 3 aromatic carbocycles. The van der Waals surface area contributed by atoms with E-state index in [9.17, 15) is 0 Å². The lowest BCUT2D eigenvalue weighted by atomic mass is 10.1. The van der Waals surface area contributed by atoms with E-state index in [1.54, 1.807) is 24.6 Å². The summed E-state index contributed by atoms with van der Waals surface area (Å²) < 4.78 is 8.21. The van der Waals surface area contributed by atoms with Crippen LogP contribution in [0.25, 0.3) is 38.8 Å². The Labute approximate surface area is 192 Å². The Morgan fingerprint density at radius 3 is 2.45 bits per heavy atom. The molecular formula is C24H17BrN4OS. The van der Waals surface area contributed by atoms with Gasteiger partial charge in [0, 0.05) is 26.5 Å². The molecule has 0 aliphatic rings. The highest BCUT2D eigenvalue weighted by Crippen LogP contribution is 2.31. The molecule has 152 valence electrons. The fourth-order valence-electron chi connectivity index (χ4n) is 3.31. The number of methoxy groups -OCH3 is 1. The lowest BCUT2D eigenvalue weighted by molar-refractivity contribution is 0.415. The highest BCUT2D eigenvalue weighted by Gasteiger charge is 2.11. The van der Waals surface area contributed by atoms with Gasteiger partial charge in [-0.1, -0.05) is 57.5 Å². The van der Waals surface area contributed by atoms with Crippen LogP contribution in [0.15, 0.2) is 88.8 Å². The van der Waals surface area contributed by atoms with Crippen molar-refractivity contribution in [3.05, 3.63) is 88.8 Å². The molecule has 5 nitrogen and oxygen atoms in total. The van der Waals surface area contributed by atoms with Crippen LogP contribution in [0.2, 0.25) is 0 Å². The molecule has 0 unspecified atom stereocenters. The lowest BCUT2D eigenvalue weighted by Gasteiger charge is -2.07. The first-order chi connectivity index (χ1) is 15.2. The molecule has 0 atom stereocenters. The van der Waals surface area contributed by atoms with Gasteiger partial charge in [-0.2, -0.15) is 0 Å². The van der Waals surface area contributed by atoms with Gasteiger partial charge in [0.2, 0.25) is 0 Å². The number of halogens is 1. The molecule has 0 amide bonds. The molecule has 0 saturated heterocycles. The van der Waals surface area contributed by atoms with Crippen LogP contribution in [0.1, 0.15) is 0 Å². The average Bonchev–Trinajstić information content (AvgIpc) is 3.50. The van der Waals surface area contributed by atoms with Crippen molar-refractivity contribution in [1.29, 1.82) is 0 Å². The smallest absolute Gasteiger partial charge is 0.124 e. The van der Waals surface area contributed by atoms with Crippen molar-refractivity contribution in [2.75, 3.05) is 7.11 Å². The quantitative estimate of drug-likeness (QED) is 0.283. The Balaban J connectivity index is 1.42. The summed E-state index contributed by atoms with van der Waals surface area (Å²) in [6, 6.07) is 24.3. The fourth-order valence-corrected chi connectivity index (χ4v) is 4.40. The van der Waals surface area contributed by atoms with Crippen LogP contribution in [0, 0.1) is 0 Å². The predicted molar refractivity (Wildman–Crippen MR) is 128 cm³/mol. The third-order valence-corrected chi connectivity index (χ3v) is 6.34. The van der Waals surface area contributed by atoms with Crippen LogP contribution < -0.4 is 4.74 Å². The molecule has 0 aliphatic heterocycles. The maximum absolute atomic E-state index is 5.32. The predicted octanol–water partition coefficient (Wildman–Crippen LogP) is 6.50. The van der Waals surface area contributed by atoms with Gasteiger partial charge >= 0.3 is 0 Å². The summed E-state index contributed by atoms with van der Waals surface area (Å²) in [5.74, 6) is 0.827. The van der Waals surface area contributed by atoms with E-state index in [-0.39, 0.29) is 0 Å². The molecule has 2 heterocycles. The highest BCUT2D eigenvalue weighted by atomic mass is 79.9. The Morgan fingerprint density at radius 1 is 0.903 bits per heavy atom. The summed E-state index contributed by atoms with van der Waals surface area (Å²) in [5.41, 5.74) is 5.99. The molecular weight excluding hydrogens is 472 g/mol. The third-order valence-electron chi connectivity index (χ3n) is 4.92. The van der Waals surface area contributed by atoms with Gasteiger partial charge in [0.1, 0.15) is 10.8 Å². The molecule has 31 heavy (non-hydrogen) atoms. The number of nitrogens with zero attached hydrogens (tertiary/aromatic N) is 4. The molecule has 5 aromatic rings. The molecule has 0 saturated carbocycles. The van der Waals surface area contributed by atoms with E-state index in [2.05, 4.69) is 43.8 Å². The number of aromatic nitrogens is 4. The zero-order valence-corrected chi connectivity index (χ0v) is 19.0. The number of thiazole rings is 1. The Morgan fingerprint density at radius 2 is 1.68 bits per heavy atom. The van der Waals surface area contributed by atoms with Crippen LogP contribution >= 0.6 is 27.3 Å². The van der Waals surface area contributed by atoms with E-state index in [0.717, 1.165) is 49.0 Å². The van der Waals surface area contributed by atoms with Crippen molar-refractivity contribution in [1.82, 2.24) is 20.0 Å². The summed E-state index contributed by atoms with van der Waals surface area (Å²) >= 11 is 5.10. The average molecular weight is 489 g/mol. The van der Waals surface area contributed by atoms with E-state index < -0.39 is 0 Å². The van der Waals surface area contributed by atoms with E-state index in [0.29, 0.717) is 0 Å². The van der Waals surface area contributed by atoms with Gasteiger partial charge in [-0.15, -0.1) is 16.4 Å². The standard InChI is InChI=1S/C24H17BrN4OS/c1-30-21-4-2-3-18(13-21)24-27-22(15-31-24)16-7-11-20(12-8-16)29-23(14-26-28-29)17-5-9-19(25)10-6-17/h2-15H,1H3. The molecule has 5 rings (SSSR count). The lowest BCUT2D eigenvalue weighted by Crippen LogP contribution is -1.99. The number of hydrogen-bond acceptors (Lipinski definition) is 5. The minimum Gasteiger partial charge on any atom is -0.497 e. The van der Waals surface area contributed by atoms with E-state index in [1.807, 2.05) is 65.3 Å². The Bertz CT molecular complexity index is 1330. The van der Waals surface area contributed by atoms with Crippen molar-refractivity contribution in [3.8, 4) is 44.5 Å². The normalized spacial score (nSPS) is 10.9. The molecule has 0 bridgehead atoms. The van der Waals surface area contributed by atoms with Crippen molar-refractivity contribution >= 4 is 27.3 Å². The maximum Gasteiger partial charge on any atom is 0.124 e. The number of hydrogen-bond donors (Lipinski definition) is 0.